The summed E-state index contributed by atoms with van der Waals surface area (Å²) in [6.45, 7) is 0.772. The van der Waals surface area contributed by atoms with E-state index in [0.29, 0.717) is 13.2 Å². The van der Waals surface area contributed by atoms with E-state index in [1.807, 2.05) is 0 Å². The van der Waals surface area contributed by atoms with Crippen LogP contribution in [0.25, 0.3) is 0 Å². The van der Waals surface area contributed by atoms with Crippen LogP contribution < -0.4 is 0 Å². The lowest BCUT2D eigenvalue weighted by Crippen LogP contribution is -2.61. The minimum Gasteiger partial charge on any atom is -0.382 e. The van der Waals surface area contributed by atoms with Gasteiger partial charge >= 0.3 is 0 Å². The molecule has 1 unspecified atom stereocenters. The Kier molecular flexibility index (Phi) is 15.0. The molecule has 1 aliphatic heterocycles. The number of methoxy groups -OCH3 is 9. The molecule has 1 aliphatic rings. The van der Waals surface area contributed by atoms with Crippen molar-refractivity contribution in [2.45, 2.75) is 55.1 Å². The van der Waals surface area contributed by atoms with E-state index in [1.165, 1.54) is 0 Å². The van der Waals surface area contributed by atoms with Gasteiger partial charge in [0.05, 0.1) is 19.8 Å². The summed E-state index contributed by atoms with van der Waals surface area (Å²) in [6.07, 6.45) is -4.32. The number of ether oxygens (including phenoxy) is 11. The van der Waals surface area contributed by atoms with Gasteiger partial charge in [0.15, 0.2) is 6.29 Å². The second kappa shape index (κ2) is 16.2. The Morgan fingerprint density at radius 3 is 1.53 bits per heavy atom. The molecule has 0 saturated carbocycles. The van der Waals surface area contributed by atoms with Crippen LogP contribution in [0.1, 0.15) is 0 Å². The molecule has 0 aromatic heterocycles. The Balaban J connectivity index is 2.99. The maximum atomic E-state index is 6.12. The van der Waals surface area contributed by atoms with Gasteiger partial charge in [0.1, 0.15) is 48.8 Å². The molecular formula is C21H42O11. The van der Waals surface area contributed by atoms with E-state index in [9.17, 15) is 0 Å². The second-order valence-electron chi connectivity index (χ2n) is 7.34. The summed E-state index contributed by atoms with van der Waals surface area (Å²) in [5.74, 6) is 0. The Bertz CT molecular complexity index is 469. The minimum absolute atomic E-state index is 0.136. The summed E-state index contributed by atoms with van der Waals surface area (Å²) in [6, 6.07) is 0. The Morgan fingerprint density at radius 2 is 1.12 bits per heavy atom. The predicted molar refractivity (Wildman–Crippen MR) is 114 cm³/mol. The zero-order chi connectivity index (χ0) is 24.1. The highest BCUT2D eigenvalue weighted by atomic mass is 16.7. The van der Waals surface area contributed by atoms with Crippen LogP contribution in [0.3, 0.4) is 0 Å². The molecule has 11 heteroatoms. The maximum absolute atomic E-state index is 6.12. The first-order chi connectivity index (χ1) is 15.5. The van der Waals surface area contributed by atoms with Crippen molar-refractivity contribution in [1.29, 1.82) is 0 Å². The van der Waals surface area contributed by atoms with Gasteiger partial charge in [-0.25, -0.2) is 0 Å². The fourth-order valence-corrected chi connectivity index (χ4v) is 4.06. The highest BCUT2D eigenvalue weighted by Crippen LogP contribution is 2.28. The van der Waals surface area contributed by atoms with Crippen LogP contribution in [0.5, 0.6) is 0 Å². The van der Waals surface area contributed by atoms with E-state index >= 15 is 0 Å². The fourth-order valence-electron chi connectivity index (χ4n) is 4.06. The van der Waals surface area contributed by atoms with E-state index in [1.54, 1.807) is 64.0 Å². The molecule has 1 fully saturated rings. The Hall–Kier alpha value is -0.440. The summed E-state index contributed by atoms with van der Waals surface area (Å²) in [4.78, 5) is 0. The zero-order valence-electron chi connectivity index (χ0n) is 20.8. The summed E-state index contributed by atoms with van der Waals surface area (Å²) < 4.78 is 62.3. The van der Waals surface area contributed by atoms with Crippen LogP contribution >= 0.6 is 0 Å². The molecule has 1 rings (SSSR count). The summed E-state index contributed by atoms with van der Waals surface area (Å²) >= 11 is 0. The van der Waals surface area contributed by atoms with Crippen molar-refractivity contribution in [2.24, 2.45) is 0 Å². The maximum Gasteiger partial charge on any atom is 0.187 e. The van der Waals surface area contributed by atoms with E-state index in [0.717, 1.165) is 0 Å². The lowest BCUT2D eigenvalue weighted by atomic mass is 9.98. The highest BCUT2D eigenvalue weighted by Gasteiger charge is 2.48. The Morgan fingerprint density at radius 1 is 0.594 bits per heavy atom. The molecule has 0 bridgehead atoms. The molecule has 1 saturated heterocycles. The smallest absolute Gasteiger partial charge is 0.187 e. The predicted octanol–water partition coefficient (Wildman–Crippen LogP) is 0.126. The van der Waals surface area contributed by atoms with Crippen molar-refractivity contribution < 1.29 is 52.1 Å². The van der Waals surface area contributed by atoms with Crippen LogP contribution in [0.4, 0.5) is 0 Å². The average Bonchev–Trinajstić information content (AvgIpc) is 2.82. The van der Waals surface area contributed by atoms with Crippen molar-refractivity contribution in [3.63, 3.8) is 0 Å². The van der Waals surface area contributed by atoms with Gasteiger partial charge in [-0.2, -0.15) is 0 Å². The number of hydrogen-bond acceptors (Lipinski definition) is 11. The van der Waals surface area contributed by atoms with Crippen LogP contribution in [-0.2, 0) is 52.1 Å². The van der Waals surface area contributed by atoms with E-state index in [2.05, 4.69) is 0 Å². The topological polar surface area (TPSA) is 102 Å². The second-order valence-corrected chi connectivity index (χ2v) is 7.34. The summed E-state index contributed by atoms with van der Waals surface area (Å²) in [5, 5.41) is 0. The molecule has 1 heterocycles. The van der Waals surface area contributed by atoms with Crippen molar-refractivity contribution in [3.05, 3.63) is 0 Å². The van der Waals surface area contributed by atoms with E-state index in [-0.39, 0.29) is 18.8 Å². The zero-order valence-corrected chi connectivity index (χ0v) is 20.8. The molecule has 0 spiro atoms. The molecule has 192 valence electrons. The van der Waals surface area contributed by atoms with Gasteiger partial charge in [-0.15, -0.1) is 0 Å². The van der Waals surface area contributed by atoms with Crippen LogP contribution in [-0.4, -0.2) is 139 Å². The normalized spacial score (nSPS) is 30.1. The summed E-state index contributed by atoms with van der Waals surface area (Å²) in [5.41, 5.74) is 0. The van der Waals surface area contributed by atoms with Gasteiger partial charge in [-0.1, -0.05) is 0 Å². The first kappa shape index (κ1) is 29.6. The third kappa shape index (κ3) is 7.54. The first-order valence-corrected chi connectivity index (χ1v) is 10.5. The molecule has 0 radical (unpaired) electrons. The molecule has 0 aliphatic carbocycles. The van der Waals surface area contributed by atoms with Crippen LogP contribution in [0, 0.1) is 0 Å². The minimum atomic E-state index is -0.746. The SMILES string of the molecule is COC[C@@H](OC)[C@@H](OC)[C@H](OC)[C@@H](COC1O[C@H](COC)[C@@H](OC)[C@H](OC)[C@H]1OC)OC. The van der Waals surface area contributed by atoms with Gasteiger partial charge in [-0.3, -0.25) is 0 Å². The van der Waals surface area contributed by atoms with Gasteiger partial charge in [0.2, 0.25) is 0 Å². The average molecular weight is 471 g/mol. The van der Waals surface area contributed by atoms with E-state index < -0.39 is 42.9 Å². The van der Waals surface area contributed by atoms with Crippen molar-refractivity contribution >= 4 is 0 Å². The van der Waals surface area contributed by atoms with Gasteiger partial charge in [-0.05, 0) is 0 Å². The Labute approximate surface area is 191 Å². The summed E-state index contributed by atoms with van der Waals surface area (Å²) in [7, 11) is 14.3. The third-order valence-electron chi connectivity index (χ3n) is 5.70. The quantitative estimate of drug-likeness (QED) is 0.290. The standard InChI is InChI=1S/C21H42O11/c1-22-10-13(24-3)16(26-5)17(27-6)14(25-4)12-31-21-20(30-9)19(29-8)18(28-7)15(32-21)11-23-2/h13-21H,10-12H2,1-9H3/t13-,14-,15-,16-,17-,18-,19+,20-,21?/m1/s1. The number of rotatable bonds is 17. The largest absolute Gasteiger partial charge is 0.382 e. The molecule has 0 aromatic carbocycles. The van der Waals surface area contributed by atoms with Gasteiger partial charge in [0.25, 0.3) is 0 Å². The lowest BCUT2D eigenvalue weighted by molar-refractivity contribution is -0.319. The first-order valence-electron chi connectivity index (χ1n) is 10.5. The van der Waals surface area contributed by atoms with Crippen LogP contribution in [0.15, 0.2) is 0 Å². The molecule has 0 N–H and O–H groups in total. The van der Waals surface area contributed by atoms with Crippen molar-refractivity contribution in [3.8, 4) is 0 Å². The molecule has 0 aromatic rings. The van der Waals surface area contributed by atoms with Gasteiger partial charge < -0.3 is 52.1 Å². The van der Waals surface area contributed by atoms with Gasteiger partial charge in [0, 0.05) is 64.0 Å². The molecule has 11 nitrogen and oxygen atoms in total. The highest BCUT2D eigenvalue weighted by molar-refractivity contribution is 4.93. The third-order valence-corrected chi connectivity index (χ3v) is 5.70. The van der Waals surface area contributed by atoms with E-state index in [4.69, 9.17) is 52.1 Å². The molecule has 9 atom stereocenters. The monoisotopic (exact) mass is 470 g/mol. The molecular weight excluding hydrogens is 428 g/mol. The molecule has 0 amide bonds. The molecule has 32 heavy (non-hydrogen) atoms. The fraction of sp³-hybridized carbons (Fsp3) is 1.00. The number of hydrogen-bond donors (Lipinski definition) is 0. The van der Waals surface area contributed by atoms with Crippen molar-refractivity contribution in [1.82, 2.24) is 0 Å². The van der Waals surface area contributed by atoms with Crippen LogP contribution in [0.2, 0.25) is 0 Å². The lowest BCUT2D eigenvalue weighted by Gasteiger charge is -2.45. The van der Waals surface area contributed by atoms with Crippen molar-refractivity contribution in [2.75, 3.05) is 83.8 Å².